The highest BCUT2D eigenvalue weighted by Gasteiger charge is 2.34. The van der Waals surface area contributed by atoms with Crippen molar-refractivity contribution < 1.29 is 14.3 Å². The predicted octanol–water partition coefficient (Wildman–Crippen LogP) is 2.44. The number of fused-ring (bicyclic) bond motifs is 1. The van der Waals surface area contributed by atoms with E-state index in [4.69, 9.17) is 4.42 Å². The maximum Gasteiger partial charge on any atom is 0.289 e. The van der Waals surface area contributed by atoms with E-state index in [2.05, 4.69) is 5.10 Å². The van der Waals surface area contributed by atoms with E-state index in [1.165, 1.54) is 0 Å². The van der Waals surface area contributed by atoms with Crippen LogP contribution in [-0.2, 0) is 18.8 Å². The number of aliphatic hydroxyl groups excluding tert-OH is 1. The van der Waals surface area contributed by atoms with Crippen molar-refractivity contribution in [3.63, 3.8) is 0 Å². The SMILES string of the molecule is CSCc1ccc(C(=O)N2CCn3nc([C@H](O)C4CC4)cc3C2)o1. The lowest BCUT2D eigenvalue weighted by atomic mass is 10.1. The molecule has 6 nitrogen and oxygen atoms in total. The van der Waals surface area contributed by atoms with Gasteiger partial charge in [-0.05, 0) is 43.2 Å². The summed E-state index contributed by atoms with van der Waals surface area (Å²) in [6.07, 6.45) is 3.69. The van der Waals surface area contributed by atoms with Gasteiger partial charge in [0.1, 0.15) is 11.9 Å². The number of nitrogens with zero attached hydrogens (tertiary/aromatic N) is 3. The zero-order valence-corrected chi connectivity index (χ0v) is 14.5. The summed E-state index contributed by atoms with van der Waals surface area (Å²) in [5, 5.41) is 14.8. The van der Waals surface area contributed by atoms with Crippen LogP contribution in [0.2, 0.25) is 0 Å². The van der Waals surface area contributed by atoms with Crippen LogP contribution in [0.5, 0.6) is 0 Å². The Morgan fingerprint density at radius 2 is 2.29 bits per heavy atom. The largest absolute Gasteiger partial charge is 0.455 e. The van der Waals surface area contributed by atoms with Gasteiger partial charge in [-0.15, -0.1) is 0 Å². The van der Waals surface area contributed by atoms with Gasteiger partial charge >= 0.3 is 0 Å². The second kappa shape index (κ2) is 6.29. The maximum atomic E-state index is 12.6. The summed E-state index contributed by atoms with van der Waals surface area (Å²) >= 11 is 1.66. The number of thioether (sulfide) groups is 1. The number of amides is 1. The summed E-state index contributed by atoms with van der Waals surface area (Å²) in [7, 11) is 0. The molecule has 0 aromatic carbocycles. The summed E-state index contributed by atoms with van der Waals surface area (Å²) in [4.78, 5) is 14.4. The van der Waals surface area contributed by atoms with Crippen LogP contribution in [0.25, 0.3) is 0 Å². The highest BCUT2D eigenvalue weighted by atomic mass is 32.2. The molecule has 24 heavy (non-hydrogen) atoms. The second-order valence-electron chi connectivity index (χ2n) is 6.49. The van der Waals surface area contributed by atoms with Gasteiger partial charge in [0.15, 0.2) is 5.76 Å². The zero-order valence-electron chi connectivity index (χ0n) is 13.6. The summed E-state index contributed by atoms with van der Waals surface area (Å²) < 4.78 is 7.54. The van der Waals surface area contributed by atoms with Crippen molar-refractivity contribution in [3.8, 4) is 0 Å². The summed E-state index contributed by atoms with van der Waals surface area (Å²) in [6, 6.07) is 5.55. The molecule has 0 bridgehead atoms. The number of furan rings is 1. The van der Waals surface area contributed by atoms with E-state index in [9.17, 15) is 9.90 Å². The lowest BCUT2D eigenvalue weighted by Crippen LogP contribution is -2.38. The lowest BCUT2D eigenvalue weighted by Gasteiger charge is -2.26. The first kappa shape index (κ1) is 15.8. The molecule has 1 fully saturated rings. The van der Waals surface area contributed by atoms with E-state index in [-0.39, 0.29) is 5.91 Å². The normalized spacial score (nSPS) is 18.5. The van der Waals surface area contributed by atoms with E-state index in [0.717, 1.165) is 35.7 Å². The molecule has 128 valence electrons. The highest BCUT2D eigenvalue weighted by Crippen LogP contribution is 2.40. The molecule has 1 atom stereocenters. The van der Waals surface area contributed by atoms with E-state index < -0.39 is 6.10 Å². The third kappa shape index (κ3) is 2.98. The third-order valence-electron chi connectivity index (χ3n) is 4.63. The zero-order chi connectivity index (χ0) is 16.7. The molecule has 0 unspecified atom stereocenters. The van der Waals surface area contributed by atoms with Crippen LogP contribution in [0.4, 0.5) is 0 Å². The van der Waals surface area contributed by atoms with Gasteiger partial charge in [-0.2, -0.15) is 16.9 Å². The van der Waals surface area contributed by atoms with Crippen LogP contribution in [0.15, 0.2) is 22.6 Å². The Labute approximate surface area is 144 Å². The van der Waals surface area contributed by atoms with Crippen molar-refractivity contribution in [2.45, 2.75) is 37.8 Å². The van der Waals surface area contributed by atoms with Gasteiger partial charge in [-0.25, -0.2) is 0 Å². The average molecular weight is 347 g/mol. The number of rotatable bonds is 5. The maximum absolute atomic E-state index is 12.6. The van der Waals surface area contributed by atoms with Crippen molar-refractivity contribution in [3.05, 3.63) is 41.1 Å². The first-order chi connectivity index (χ1) is 11.7. The minimum Gasteiger partial charge on any atom is -0.455 e. The Balaban J connectivity index is 1.47. The predicted molar refractivity (Wildman–Crippen MR) is 90.6 cm³/mol. The number of carbonyl (C=O) groups is 1. The molecule has 2 aliphatic rings. The number of hydrogen-bond donors (Lipinski definition) is 1. The minimum absolute atomic E-state index is 0.0842. The monoisotopic (exact) mass is 347 g/mol. The molecule has 2 aromatic heterocycles. The van der Waals surface area contributed by atoms with Crippen LogP contribution in [0.3, 0.4) is 0 Å². The molecule has 1 aliphatic heterocycles. The quantitative estimate of drug-likeness (QED) is 0.899. The van der Waals surface area contributed by atoms with Gasteiger partial charge in [-0.3, -0.25) is 9.48 Å². The van der Waals surface area contributed by atoms with Crippen molar-refractivity contribution in [2.75, 3.05) is 12.8 Å². The summed E-state index contributed by atoms with van der Waals surface area (Å²) in [6.45, 7) is 1.75. The van der Waals surface area contributed by atoms with Gasteiger partial charge in [-0.1, -0.05) is 0 Å². The Morgan fingerprint density at radius 3 is 3.04 bits per heavy atom. The second-order valence-corrected chi connectivity index (χ2v) is 7.36. The Kier molecular flexibility index (Phi) is 4.14. The average Bonchev–Trinajstić information content (AvgIpc) is 3.18. The van der Waals surface area contributed by atoms with E-state index in [1.54, 1.807) is 22.7 Å². The third-order valence-corrected chi connectivity index (χ3v) is 5.21. The van der Waals surface area contributed by atoms with Crippen LogP contribution >= 0.6 is 11.8 Å². The molecule has 1 saturated carbocycles. The first-order valence-electron chi connectivity index (χ1n) is 8.27. The number of aromatic nitrogens is 2. The highest BCUT2D eigenvalue weighted by molar-refractivity contribution is 7.97. The fourth-order valence-corrected chi connectivity index (χ4v) is 3.57. The first-order valence-corrected chi connectivity index (χ1v) is 9.66. The van der Waals surface area contributed by atoms with Gasteiger partial charge in [0.05, 0.1) is 30.2 Å². The topological polar surface area (TPSA) is 71.5 Å². The Morgan fingerprint density at radius 1 is 1.46 bits per heavy atom. The molecule has 0 radical (unpaired) electrons. The van der Waals surface area contributed by atoms with Gasteiger partial charge < -0.3 is 14.4 Å². The molecule has 4 rings (SSSR count). The molecule has 3 heterocycles. The molecular weight excluding hydrogens is 326 g/mol. The van der Waals surface area contributed by atoms with Gasteiger partial charge in [0.2, 0.25) is 0 Å². The van der Waals surface area contributed by atoms with Crippen molar-refractivity contribution >= 4 is 17.7 Å². The minimum atomic E-state index is -0.466. The number of hydrogen-bond acceptors (Lipinski definition) is 5. The fourth-order valence-electron chi connectivity index (χ4n) is 3.13. The van der Waals surface area contributed by atoms with E-state index in [1.807, 2.05) is 23.1 Å². The Hall–Kier alpha value is -1.73. The smallest absolute Gasteiger partial charge is 0.289 e. The van der Waals surface area contributed by atoms with Crippen LogP contribution < -0.4 is 0 Å². The Bertz CT molecular complexity index is 750. The summed E-state index contributed by atoms with van der Waals surface area (Å²) in [5.41, 5.74) is 1.71. The molecule has 1 aliphatic carbocycles. The molecule has 0 spiro atoms. The van der Waals surface area contributed by atoms with Crippen molar-refractivity contribution in [2.24, 2.45) is 5.92 Å². The number of carbonyl (C=O) groups excluding carboxylic acids is 1. The summed E-state index contributed by atoms with van der Waals surface area (Å²) in [5.74, 6) is 2.26. The molecule has 7 heteroatoms. The standard InChI is InChI=1S/C17H21N3O3S/c1-24-10-13-4-5-15(23-13)17(22)19-6-7-20-12(9-19)8-14(18-20)16(21)11-2-3-11/h4-5,8,11,16,21H,2-3,6-7,9-10H2,1H3/t16-/m1/s1. The van der Waals surface area contributed by atoms with Gasteiger partial charge in [0, 0.05) is 6.54 Å². The van der Waals surface area contributed by atoms with Crippen molar-refractivity contribution in [1.29, 1.82) is 0 Å². The molecule has 2 aromatic rings. The van der Waals surface area contributed by atoms with Crippen LogP contribution in [-0.4, -0.2) is 38.5 Å². The van der Waals surface area contributed by atoms with Crippen LogP contribution in [0, 0.1) is 5.92 Å². The van der Waals surface area contributed by atoms with Crippen molar-refractivity contribution in [1.82, 2.24) is 14.7 Å². The fraction of sp³-hybridized carbons (Fsp3) is 0.529. The molecule has 1 N–H and O–H groups in total. The molecule has 1 amide bonds. The van der Waals surface area contributed by atoms with Gasteiger partial charge in [0.25, 0.3) is 5.91 Å². The van der Waals surface area contributed by atoms with Crippen LogP contribution in [0.1, 0.15) is 46.6 Å². The number of aliphatic hydroxyl groups is 1. The lowest BCUT2D eigenvalue weighted by molar-refractivity contribution is 0.0671. The molecular formula is C17H21N3O3S. The molecule has 0 saturated heterocycles. The van der Waals surface area contributed by atoms with E-state index in [0.29, 0.717) is 31.3 Å². The van der Waals surface area contributed by atoms with E-state index >= 15 is 0 Å².